The molecule has 19 heavy (non-hydrogen) atoms. The number of rotatable bonds is 4. The predicted octanol–water partition coefficient (Wildman–Crippen LogP) is 0.623. The molecule has 2 fully saturated rings. The predicted molar refractivity (Wildman–Crippen MR) is 69.3 cm³/mol. The van der Waals surface area contributed by atoms with Crippen molar-refractivity contribution in [1.82, 2.24) is 15.5 Å². The molecule has 0 aromatic carbocycles. The maximum absolute atomic E-state index is 12.3. The minimum absolute atomic E-state index is 0.181. The van der Waals surface area contributed by atoms with Crippen molar-refractivity contribution in [3.63, 3.8) is 0 Å². The Bertz CT molecular complexity index is 400. The van der Waals surface area contributed by atoms with Crippen LogP contribution in [0.5, 0.6) is 0 Å². The highest BCUT2D eigenvalue weighted by atomic mass is 16.2. The van der Waals surface area contributed by atoms with Gasteiger partial charge in [-0.2, -0.15) is 0 Å². The van der Waals surface area contributed by atoms with Crippen molar-refractivity contribution in [2.24, 2.45) is 5.92 Å². The van der Waals surface area contributed by atoms with E-state index in [2.05, 4.69) is 10.6 Å². The first kappa shape index (κ1) is 13.8. The average molecular weight is 267 g/mol. The molecule has 4 amide bonds. The number of carbonyl (C=O) groups excluding carboxylic acids is 3. The third kappa shape index (κ3) is 2.72. The number of nitrogens with one attached hydrogen (secondary N) is 2. The Labute approximate surface area is 112 Å². The molecule has 2 N–H and O–H groups in total. The number of carbonyl (C=O) groups is 3. The van der Waals surface area contributed by atoms with Gasteiger partial charge in [0, 0.05) is 6.54 Å². The molecule has 6 heteroatoms. The highest BCUT2D eigenvalue weighted by molar-refractivity contribution is 6.09. The van der Waals surface area contributed by atoms with Gasteiger partial charge in [-0.05, 0) is 18.8 Å². The van der Waals surface area contributed by atoms with Gasteiger partial charge >= 0.3 is 6.03 Å². The largest absolute Gasteiger partial charge is 0.354 e. The summed E-state index contributed by atoms with van der Waals surface area (Å²) in [6.07, 6.45) is 3.25. The van der Waals surface area contributed by atoms with Gasteiger partial charge in [0.2, 0.25) is 5.91 Å². The van der Waals surface area contributed by atoms with E-state index < -0.39 is 11.6 Å². The molecule has 106 valence electrons. The van der Waals surface area contributed by atoms with E-state index in [0.29, 0.717) is 25.3 Å². The summed E-state index contributed by atoms with van der Waals surface area (Å²) in [5, 5.41) is 5.47. The van der Waals surface area contributed by atoms with E-state index in [1.807, 2.05) is 13.8 Å². The van der Waals surface area contributed by atoms with Gasteiger partial charge in [0.25, 0.3) is 5.91 Å². The van der Waals surface area contributed by atoms with Crippen LogP contribution in [0.2, 0.25) is 0 Å². The summed E-state index contributed by atoms with van der Waals surface area (Å²) in [5.74, 6) is -0.185. The summed E-state index contributed by atoms with van der Waals surface area (Å²) in [6, 6.07) is -0.438. The van der Waals surface area contributed by atoms with Crippen molar-refractivity contribution in [2.45, 2.75) is 45.1 Å². The standard InChI is InChI=1S/C13H21N3O3/c1-9(2)7-14-10(17)8-16-11(18)13(15-12(16)19)5-3-4-6-13/h9H,3-8H2,1-2H3,(H,14,17)(H,15,19). The smallest absolute Gasteiger partial charge is 0.325 e. The second-order valence-electron chi connectivity index (χ2n) is 5.81. The van der Waals surface area contributed by atoms with Crippen LogP contribution in [0.1, 0.15) is 39.5 Å². The first-order valence-corrected chi connectivity index (χ1v) is 6.85. The van der Waals surface area contributed by atoms with Gasteiger partial charge < -0.3 is 10.6 Å². The Kier molecular flexibility index (Phi) is 3.78. The number of amides is 4. The molecule has 0 bridgehead atoms. The number of hydrogen-bond donors (Lipinski definition) is 2. The summed E-state index contributed by atoms with van der Waals surface area (Å²) in [5.41, 5.74) is -0.727. The molecular weight excluding hydrogens is 246 g/mol. The van der Waals surface area contributed by atoms with E-state index in [4.69, 9.17) is 0 Å². The second-order valence-corrected chi connectivity index (χ2v) is 5.81. The van der Waals surface area contributed by atoms with Crippen LogP contribution in [0.4, 0.5) is 4.79 Å². The molecule has 1 aliphatic heterocycles. The van der Waals surface area contributed by atoms with Crippen LogP contribution in [0.25, 0.3) is 0 Å². The molecule has 0 atom stereocenters. The van der Waals surface area contributed by atoms with E-state index in [-0.39, 0.29) is 18.4 Å². The van der Waals surface area contributed by atoms with E-state index in [0.717, 1.165) is 17.7 Å². The third-order valence-electron chi connectivity index (χ3n) is 3.71. The van der Waals surface area contributed by atoms with E-state index in [9.17, 15) is 14.4 Å². The van der Waals surface area contributed by atoms with Crippen molar-refractivity contribution in [3.05, 3.63) is 0 Å². The van der Waals surface area contributed by atoms with Gasteiger partial charge in [0.15, 0.2) is 0 Å². The highest BCUT2D eigenvalue weighted by Crippen LogP contribution is 2.34. The lowest BCUT2D eigenvalue weighted by atomic mass is 9.98. The van der Waals surface area contributed by atoms with Gasteiger partial charge in [-0.3, -0.25) is 14.5 Å². The van der Waals surface area contributed by atoms with Crippen LogP contribution >= 0.6 is 0 Å². The van der Waals surface area contributed by atoms with Gasteiger partial charge in [-0.1, -0.05) is 26.7 Å². The Morgan fingerprint density at radius 1 is 1.37 bits per heavy atom. The summed E-state index contributed by atoms with van der Waals surface area (Å²) in [4.78, 5) is 36.9. The quantitative estimate of drug-likeness (QED) is 0.733. The molecule has 1 heterocycles. The zero-order valence-corrected chi connectivity index (χ0v) is 11.5. The lowest BCUT2D eigenvalue weighted by Crippen LogP contribution is -2.45. The summed E-state index contributed by atoms with van der Waals surface area (Å²) in [6.45, 7) is 4.34. The Hall–Kier alpha value is -1.59. The van der Waals surface area contributed by atoms with Gasteiger partial charge in [-0.25, -0.2) is 4.79 Å². The van der Waals surface area contributed by atoms with Gasteiger partial charge in [0.05, 0.1) is 0 Å². The van der Waals surface area contributed by atoms with Crippen molar-refractivity contribution in [1.29, 1.82) is 0 Å². The molecule has 2 aliphatic rings. The molecule has 2 rings (SSSR count). The average Bonchev–Trinajstić information content (AvgIpc) is 2.89. The Balaban J connectivity index is 1.95. The first-order chi connectivity index (χ1) is 8.94. The van der Waals surface area contributed by atoms with Crippen molar-refractivity contribution in [2.75, 3.05) is 13.1 Å². The molecule has 1 aliphatic carbocycles. The van der Waals surface area contributed by atoms with Crippen LogP contribution in [-0.2, 0) is 9.59 Å². The highest BCUT2D eigenvalue weighted by Gasteiger charge is 2.52. The Morgan fingerprint density at radius 3 is 2.58 bits per heavy atom. The summed E-state index contributed by atoms with van der Waals surface area (Å²) in [7, 11) is 0. The lowest BCUT2D eigenvalue weighted by Gasteiger charge is -2.19. The Morgan fingerprint density at radius 2 is 2.00 bits per heavy atom. The number of nitrogens with zero attached hydrogens (tertiary/aromatic N) is 1. The maximum atomic E-state index is 12.3. The van der Waals surface area contributed by atoms with Crippen molar-refractivity contribution in [3.8, 4) is 0 Å². The molecular formula is C13H21N3O3. The molecule has 6 nitrogen and oxygen atoms in total. The van der Waals surface area contributed by atoms with E-state index in [1.165, 1.54) is 0 Å². The molecule has 0 unspecified atom stereocenters. The van der Waals surface area contributed by atoms with Gasteiger partial charge in [-0.15, -0.1) is 0 Å². The second kappa shape index (κ2) is 5.19. The summed E-state index contributed by atoms with van der Waals surface area (Å²) < 4.78 is 0. The topological polar surface area (TPSA) is 78.5 Å². The molecule has 0 aromatic rings. The van der Waals surface area contributed by atoms with E-state index >= 15 is 0 Å². The summed E-state index contributed by atoms with van der Waals surface area (Å²) >= 11 is 0. The minimum Gasteiger partial charge on any atom is -0.354 e. The maximum Gasteiger partial charge on any atom is 0.325 e. The molecule has 1 saturated carbocycles. The van der Waals surface area contributed by atoms with Crippen LogP contribution in [0.3, 0.4) is 0 Å². The minimum atomic E-state index is -0.727. The fourth-order valence-corrected chi connectivity index (χ4v) is 2.65. The fraction of sp³-hybridized carbons (Fsp3) is 0.769. The zero-order valence-electron chi connectivity index (χ0n) is 11.5. The number of imide groups is 1. The van der Waals surface area contributed by atoms with E-state index in [1.54, 1.807) is 0 Å². The fourth-order valence-electron chi connectivity index (χ4n) is 2.65. The van der Waals surface area contributed by atoms with Crippen LogP contribution in [0.15, 0.2) is 0 Å². The number of urea groups is 1. The van der Waals surface area contributed by atoms with Crippen LogP contribution in [0, 0.1) is 5.92 Å². The molecule has 0 radical (unpaired) electrons. The molecule has 1 spiro atoms. The van der Waals surface area contributed by atoms with Gasteiger partial charge in [0.1, 0.15) is 12.1 Å². The monoisotopic (exact) mass is 267 g/mol. The molecule has 1 saturated heterocycles. The third-order valence-corrected chi connectivity index (χ3v) is 3.71. The lowest BCUT2D eigenvalue weighted by molar-refractivity contribution is -0.134. The SMILES string of the molecule is CC(C)CNC(=O)CN1C(=O)NC2(CCCC2)C1=O. The first-order valence-electron chi connectivity index (χ1n) is 6.85. The molecule has 0 aromatic heterocycles. The number of hydrogen-bond acceptors (Lipinski definition) is 3. The zero-order chi connectivity index (χ0) is 14.0. The van der Waals surface area contributed by atoms with Crippen LogP contribution < -0.4 is 10.6 Å². The van der Waals surface area contributed by atoms with Crippen molar-refractivity contribution < 1.29 is 14.4 Å². The normalized spacial score (nSPS) is 21.3. The van der Waals surface area contributed by atoms with Crippen molar-refractivity contribution >= 4 is 17.8 Å². The van der Waals surface area contributed by atoms with Crippen LogP contribution in [-0.4, -0.2) is 41.4 Å².